The summed E-state index contributed by atoms with van der Waals surface area (Å²) in [6, 6.07) is 6.28. The molecule has 4 nitrogen and oxygen atoms in total. The van der Waals surface area contributed by atoms with Gasteiger partial charge in [-0.25, -0.2) is 0 Å². The van der Waals surface area contributed by atoms with Crippen molar-refractivity contribution in [3.63, 3.8) is 0 Å². The van der Waals surface area contributed by atoms with E-state index in [0.29, 0.717) is 11.6 Å². The lowest BCUT2D eigenvalue weighted by Gasteiger charge is -2.14. The molecule has 0 fully saturated rings. The molecule has 0 saturated carbocycles. The van der Waals surface area contributed by atoms with Crippen molar-refractivity contribution in [2.45, 2.75) is 37.3 Å². The van der Waals surface area contributed by atoms with Gasteiger partial charge in [0.1, 0.15) is 4.90 Å². The van der Waals surface area contributed by atoms with Crippen LogP contribution in [-0.2, 0) is 16.3 Å². The van der Waals surface area contributed by atoms with Crippen molar-refractivity contribution in [1.29, 1.82) is 0 Å². The molecular formula is C18H15F3O4S. The van der Waals surface area contributed by atoms with Gasteiger partial charge in [-0.2, -0.15) is 21.6 Å². The molecule has 0 amide bonds. The van der Waals surface area contributed by atoms with Gasteiger partial charge in [-0.15, -0.1) is 0 Å². The van der Waals surface area contributed by atoms with Gasteiger partial charge in [0, 0.05) is 6.42 Å². The Labute approximate surface area is 148 Å². The number of carbonyl (C=O) groups excluding carboxylic acids is 1. The van der Waals surface area contributed by atoms with Crippen LogP contribution < -0.4 is 4.18 Å². The van der Waals surface area contributed by atoms with Crippen molar-refractivity contribution < 1.29 is 30.6 Å². The van der Waals surface area contributed by atoms with E-state index in [1.54, 1.807) is 13.0 Å². The molecule has 0 bridgehead atoms. The van der Waals surface area contributed by atoms with E-state index in [1.165, 1.54) is 6.07 Å². The summed E-state index contributed by atoms with van der Waals surface area (Å²) in [5.41, 5.74) is 0.642. The molecule has 1 aliphatic rings. The van der Waals surface area contributed by atoms with E-state index in [0.717, 1.165) is 23.8 Å². The molecule has 0 saturated heterocycles. The highest BCUT2D eigenvalue weighted by atomic mass is 32.2. The molecule has 3 rings (SSSR count). The average molecular weight is 384 g/mol. The van der Waals surface area contributed by atoms with Crippen molar-refractivity contribution >= 4 is 15.9 Å². The second kappa shape index (κ2) is 6.12. The molecule has 0 aromatic heterocycles. The Kier molecular flexibility index (Phi) is 4.34. The van der Waals surface area contributed by atoms with Crippen LogP contribution in [0.5, 0.6) is 5.75 Å². The van der Waals surface area contributed by atoms with Gasteiger partial charge in [-0.05, 0) is 48.2 Å². The van der Waals surface area contributed by atoms with Gasteiger partial charge in [-0.3, -0.25) is 4.79 Å². The smallest absolute Gasteiger partial charge is 0.378 e. The van der Waals surface area contributed by atoms with Crippen LogP contribution in [0.2, 0.25) is 0 Å². The molecule has 1 aliphatic carbocycles. The Morgan fingerprint density at radius 3 is 2.50 bits per heavy atom. The van der Waals surface area contributed by atoms with Gasteiger partial charge < -0.3 is 4.18 Å². The Bertz CT molecular complexity index is 994. The number of rotatable bonds is 3. The topological polar surface area (TPSA) is 60.4 Å². The summed E-state index contributed by atoms with van der Waals surface area (Å²) < 4.78 is 68.4. The lowest BCUT2D eigenvalue weighted by molar-refractivity contribution is -0.137. The Hall–Kier alpha value is -2.35. The number of Topliss-reactive ketones (excluding diaryl/α,β-unsaturated/α-hetero) is 1. The minimum Gasteiger partial charge on any atom is -0.378 e. The highest BCUT2D eigenvalue weighted by Gasteiger charge is 2.34. The Balaban J connectivity index is 2.04. The summed E-state index contributed by atoms with van der Waals surface area (Å²) in [7, 11) is -4.52. The van der Waals surface area contributed by atoms with Crippen LogP contribution in [0.1, 0.15) is 46.3 Å². The number of carbonyl (C=O) groups is 1. The summed E-state index contributed by atoms with van der Waals surface area (Å²) in [6.45, 7) is 3.65. The predicted molar refractivity (Wildman–Crippen MR) is 87.8 cm³/mol. The minimum atomic E-state index is -4.68. The minimum absolute atomic E-state index is 0.0719. The third-order valence-electron chi connectivity index (χ3n) is 4.34. The first-order valence-electron chi connectivity index (χ1n) is 7.79. The second-order valence-electron chi connectivity index (χ2n) is 6.26. The fourth-order valence-electron chi connectivity index (χ4n) is 3.17. The number of ketones is 1. The lowest BCUT2D eigenvalue weighted by Crippen LogP contribution is -2.14. The van der Waals surface area contributed by atoms with Crippen LogP contribution in [0.15, 0.2) is 41.3 Å². The molecule has 0 heterocycles. The highest BCUT2D eigenvalue weighted by Crippen LogP contribution is 2.41. The van der Waals surface area contributed by atoms with Crippen molar-refractivity contribution in [2.24, 2.45) is 0 Å². The third kappa shape index (κ3) is 3.21. The molecule has 2 aromatic rings. The van der Waals surface area contributed by atoms with Gasteiger partial charge in [0.2, 0.25) is 0 Å². The van der Waals surface area contributed by atoms with Crippen LogP contribution in [0.4, 0.5) is 13.2 Å². The van der Waals surface area contributed by atoms with Crippen molar-refractivity contribution in [2.75, 3.05) is 0 Å². The highest BCUT2D eigenvalue weighted by molar-refractivity contribution is 7.87. The number of alkyl halides is 3. The summed E-state index contributed by atoms with van der Waals surface area (Å²) in [5, 5.41) is 0. The molecule has 0 radical (unpaired) electrons. The fraction of sp³-hybridized carbons (Fsp3) is 0.278. The van der Waals surface area contributed by atoms with E-state index in [4.69, 9.17) is 4.18 Å². The fourth-order valence-corrected chi connectivity index (χ4v) is 4.16. The number of hydrogen-bond donors (Lipinski definition) is 0. The zero-order valence-corrected chi connectivity index (χ0v) is 14.7. The van der Waals surface area contributed by atoms with Gasteiger partial charge >= 0.3 is 16.3 Å². The summed E-state index contributed by atoms with van der Waals surface area (Å²) in [5.74, 6) is -0.472. The van der Waals surface area contributed by atoms with E-state index >= 15 is 0 Å². The van der Waals surface area contributed by atoms with Crippen LogP contribution in [-0.4, -0.2) is 14.2 Å². The van der Waals surface area contributed by atoms with E-state index in [-0.39, 0.29) is 29.4 Å². The molecule has 1 unspecified atom stereocenters. The monoisotopic (exact) mass is 384 g/mol. The zero-order chi connectivity index (χ0) is 19.3. The number of aryl methyl sites for hydroxylation is 1. The maximum Gasteiger partial charge on any atom is 0.416 e. The number of fused-ring (bicyclic) bond motifs is 1. The quantitative estimate of drug-likeness (QED) is 0.733. The van der Waals surface area contributed by atoms with Crippen molar-refractivity contribution in [3.05, 3.63) is 58.7 Å². The van der Waals surface area contributed by atoms with E-state index in [1.807, 2.05) is 6.92 Å². The van der Waals surface area contributed by atoms with Crippen molar-refractivity contribution in [1.82, 2.24) is 0 Å². The van der Waals surface area contributed by atoms with Gasteiger partial charge in [0.05, 0.1) is 11.1 Å². The Morgan fingerprint density at radius 1 is 1.15 bits per heavy atom. The number of halogens is 3. The van der Waals surface area contributed by atoms with Gasteiger partial charge in [-0.1, -0.05) is 19.1 Å². The van der Waals surface area contributed by atoms with Crippen molar-refractivity contribution in [3.8, 4) is 5.75 Å². The number of benzene rings is 2. The molecule has 2 aromatic carbocycles. The molecular weight excluding hydrogens is 369 g/mol. The maximum atomic E-state index is 12.8. The van der Waals surface area contributed by atoms with Crippen LogP contribution in [0, 0.1) is 6.92 Å². The first-order valence-corrected chi connectivity index (χ1v) is 9.20. The molecule has 1 atom stereocenters. The summed E-state index contributed by atoms with van der Waals surface area (Å²) in [6.07, 6.45) is -4.44. The predicted octanol–water partition coefficient (Wildman–Crippen LogP) is 4.47. The van der Waals surface area contributed by atoms with E-state index in [9.17, 15) is 26.4 Å². The molecule has 0 spiro atoms. The van der Waals surface area contributed by atoms with E-state index < -0.39 is 26.8 Å². The average Bonchev–Trinajstić information content (AvgIpc) is 2.85. The normalized spacial score (nSPS) is 17.3. The molecule has 0 N–H and O–H groups in total. The lowest BCUT2D eigenvalue weighted by atomic mass is 9.98. The first-order chi connectivity index (χ1) is 12.0. The maximum absolute atomic E-state index is 12.8. The second-order valence-corrected chi connectivity index (χ2v) is 7.81. The van der Waals surface area contributed by atoms with Crippen LogP contribution >= 0.6 is 0 Å². The zero-order valence-electron chi connectivity index (χ0n) is 13.9. The van der Waals surface area contributed by atoms with Gasteiger partial charge in [0.15, 0.2) is 11.5 Å². The molecule has 0 aliphatic heterocycles. The SMILES string of the molecule is Cc1ccc(OS(=O)(=O)c2cccc(C(F)(F)F)c2)c2c1C(C)CC2=O. The molecule has 138 valence electrons. The first kappa shape index (κ1) is 18.4. The number of hydrogen-bond acceptors (Lipinski definition) is 4. The summed E-state index contributed by atoms with van der Waals surface area (Å²) >= 11 is 0. The largest absolute Gasteiger partial charge is 0.416 e. The Morgan fingerprint density at radius 2 is 1.85 bits per heavy atom. The molecule has 8 heteroatoms. The molecule has 26 heavy (non-hydrogen) atoms. The summed E-state index contributed by atoms with van der Waals surface area (Å²) in [4.78, 5) is 11.6. The van der Waals surface area contributed by atoms with Crippen LogP contribution in [0.25, 0.3) is 0 Å². The third-order valence-corrected chi connectivity index (χ3v) is 5.57. The standard InChI is InChI=1S/C18H15F3O4S/c1-10-6-7-15(17-14(22)8-11(2)16(10)17)25-26(23,24)13-5-3-4-12(9-13)18(19,20)21/h3-7,9,11H,8H2,1-2H3. The van der Waals surface area contributed by atoms with Crippen LogP contribution in [0.3, 0.4) is 0 Å². The van der Waals surface area contributed by atoms with Gasteiger partial charge in [0.25, 0.3) is 0 Å². The van der Waals surface area contributed by atoms with E-state index in [2.05, 4.69) is 0 Å².